The zero-order valence-corrected chi connectivity index (χ0v) is 5.73. The molecule has 0 bridgehead atoms. The first-order valence-electron chi connectivity index (χ1n) is 3.07. The van der Waals surface area contributed by atoms with Crippen LogP contribution in [-0.4, -0.2) is 17.9 Å². The van der Waals surface area contributed by atoms with Gasteiger partial charge in [0, 0.05) is 13.0 Å². The van der Waals surface area contributed by atoms with Gasteiger partial charge < -0.3 is 5.11 Å². The molecule has 2 nitrogen and oxygen atoms in total. The molecule has 0 aromatic heterocycles. The number of halogens is 3. The maximum atomic E-state index is 11.8. The second-order valence-electron chi connectivity index (χ2n) is 2.11. The van der Waals surface area contributed by atoms with E-state index in [4.69, 9.17) is 10.4 Å². The third-order valence-electron chi connectivity index (χ3n) is 1.28. The molecular formula is C6H8F3NO. The second-order valence-corrected chi connectivity index (χ2v) is 2.11. The molecule has 64 valence electrons. The highest BCUT2D eigenvalue weighted by Gasteiger charge is 2.38. The Balaban J connectivity index is 4.01. The molecule has 0 heterocycles. The van der Waals surface area contributed by atoms with Crippen molar-refractivity contribution in [2.45, 2.75) is 19.0 Å². The Morgan fingerprint density at radius 2 is 2.00 bits per heavy atom. The molecule has 1 unspecified atom stereocenters. The Morgan fingerprint density at radius 1 is 1.45 bits per heavy atom. The van der Waals surface area contributed by atoms with E-state index in [-0.39, 0.29) is 0 Å². The average molecular weight is 167 g/mol. The highest BCUT2D eigenvalue weighted by molar-refractivity contribution is 4.79. The lowest BCUT2D eigenvalue weighted by molar-refractivity contribution is -0.176. The smallest absolute Gasteiger partial charge is 0.392 e. The molecule has 0 aromatic carbocycles. The topological polar surface area (TPSA) is 44.0 Å². The molecule has 0 saturated heterocycles. The van der Waals surface area contributed by atoms with Crippen LogP contribution in [0.2, 0.25) is 0 Å². The molecule has 0 aliphatic carbocycles. The summed E-state index contributed by atoms with van der Waals surface area (Å²) in [6.45, 7) is -0.536. The molecule has 0 fully saturated rings. The zero-order valence-electron chi connectivity index (χ0n) is 5.73. The van der Waals surface area contributed by atoms with Crippen LogP contribution >= 0.6 is 0 Å². The lowest BCUT2D eigenvalue weighted by Gasteiger charge is -2.15. The van der Waals surface area contributed by atoms with E-state index < -0.39 is 31.5 Å². The van der Waals surface area contributed by atoms with Gasteiger partial charge in [-0.3, -0.25) is 0 Å². The fourth-order valence-corrected chi connectivity index (χ4v) is 0.647. The minimum atomic E-state index is -4.36. The van der Waals surface area contributed by atoms with Crippen LogP contribution < -0.4 is 0 Å². The first-order chi connectivity index (χ1) is 5.02. The van der Waals surface area contributed by atoms with Gasteiger partial charge in [-0.2, -0.15) is 18.4 Å². The summed E-state index contributed by atoms with van der Waals surface area (Å²) in [5.41, 5.74) is 0. The third-order valence-corrected chi connectivity index (χ3v) is 1.28. The first-order valence-corrected chi connectivity index (χ1v) is 3.07. The van der Waals surface area contributed by atoms with Gasteiger partial charge in [-0.05, 0) is 6.42 Å². The van der Waals surface area contributed by atoms with Crippen molar-refractivity contribution in [1.29, 1.82) is 5.26 Å². The van der Waals surface area contributed by atoms with Gasteiger partial charge in [0.1, 0.15) is 0 Å². The number of aliphatic hydroxyl groups excluding tert-OH is 1. The van der Waals surface area contributed by atoms with Gasteiger partial charge in [-0.1, -0.05) is 0 Å². The quantitative estimate of drug-likeness (QED) is 0.691. The van der Waals surface area contributed by atoms with Crippen molar-refractivity contribution in [3.63, 3.8) is 0 Å². The van der Waals surface area contributed by atoms with E-state index in [1.165, 1.54) is 6.07 Å². The summed E-state index contributed by atoms with van der Waals surface area (Å²) in [7, 11) is 0. The summed E-state index contributed by atoms with van der Waals surface area (Å²) in [5.74, 6) is -1.68. The Morgan fingerprint density at radius 3 is 2.27 bits per heavy atom. The number of nitrogens with zero attached hydrogens (tertiary/aromatic N) is 1. The summed E-state index contributed by atoms with van der Waals surface area (Å²) in [6, 6.07) is 1.43. The molecule has 0 rings (SSSR count). The summed E-state index contributed by atoms with van der Waals surface area (Å²) >= 11 is 0. The first kappa shape index (κ1) is 10.2. The Kier molecular flexibility index (Phi) is 3.90. The Labute approximate surface area is 62.2 Å². The summed E-state index contributed by atoms with van der Waals surface area (Å²) < 4.78 is 35.5. The molecule has 0 amide bonds. The van der Waals surface area contributed by atoms with Crippen LogP contribution in [0.1, 0.15) is 12.8 Å². The number of hydrogen-bond acceptors (Lipinski definition) is 2. The number of nitriles is 1. The Bertz CT molecular complexity index is 149. The largest absolute Gasteiger partial charge is 0.396 e. The van der Waals surface area contributed by atoms with E-state index in [1.807, 2.05) is 0 Å². The normalized spacial score (nSPS) is 14.1. The molecule has 0 radical (unpaired) electrons. The van der Waals surface area contributed by atoms with Crippen LogP contribution in [0, 0.1) is 17.2 Å². The minimum absolute atomic E-state index is 0.392. The van der Waals surface area contributed by atoms with Gasteiger partial charge in [-0.15, -0.1) is 0 Å². The SMILES string of the molecule is N#CCC(CCO)C(F)(F)F. The fraction of sp³-hybridized carbons (Fsp3) is 0.833. The van der Waals surface area contributed by atoms with Crippen LogP contribution in [0.15, 0.2) is 0 Å². The standard InChI is InChI=1S/C6H8F3NO/c7-6(8,9)5(1-3-10)2-4-11/h5,11H,1-2,4H2. The van der Waals surface area contributed by atoms with Crippen LogP contribution in [0.3, 0.4) is 0 Å². The second kappa shape index (κ2) is 4.19. The predicted octanol–water partition coefficient (Wildman–Crippen LogP) is 1.46. The van der Waals surface area contributed by atoms with Crippen LogP contribution in [0.5, 0.6) is 0 Å². The molecule has 1 atom stereocenters. The predicted molar refractivity (Wildman–Crippen MR) is 31.5 cm³/mol. The molecule has 1 N–H and O–H groups in total. The van der Waals surface area contributed by atoms with E-state index in [1.54, 1.807) is 0 Å². The molecular weight excluding hydrogens is 159 g/mol. The molecule has 5 heteroatoms. The number of alkyl halides is 3. The third kappa shape index (κ3) is 3.83. The van der Waals surface area contributed by atoms with Crippen molar-refractivity contribution < 1.29 is 18.3 Å². The van der Waals surface area contributed by atoms with Crippen LogP contribution in [-0.2, 0) is 0 Å². The van der Waals surface area contributed by atoms with Crippen LogP contribution in [0.25, 0.3) is 0 Å². The average Bonchev–Trinajstić information content (AvgIpc) is 1.85. The van der Waals surface area contributed by atoms with Gasteiger partial charge in [0.15, 0.2) is 0 Å². The van der Waals surface area contributed by atoms with Crippen molar-refractivity contribution >= 4 is 0 Å². The van der Waals surface area contributed by atoms with Gasteiger partial charge in [0.05, 0.1) is 12.0 Å². The van der Waals surface area contributed by atoms with Gasteiger partial charge >= 0.3 is 6.18 Å². The van der Waals surface area contributed by atoms with Gasteiger partial charge in [0.25, 0.3) is 0 Å². The van der Waals surface area contributed by atoms with E-state index >= 15 is 0 Å². The van der Waals surface area contributed by atoms with Gasteiger partial charge in [-0.25, -0.2) is 0 Å². The maximum Gasteiger partial charge on any atom is 0.392 e. The minimum Gasteiger partial charge on any atom is -0.396 e. The maximum absolute atomic E-state index is 11.8. The summed E-state index contributed by atoms with van der Waals surface area (Å²) in [6.07, 6.45) is -5.33. The number of aliphatic hydroxyl groups is 1. The van der Waals surface area contributed by atoms with E-state index in [0.717, 1.165) is 0 Å². The lowest BCUT2D eigenvalue weighted by atomic mass is 10.0. The van der Waals surface area contributed by atoms with E-state index in [0.29, 0.717) is 0 Å². The monoisotopic (exact) mass is 167 g/mol. The molecule has 0 aromatic rings. The molecule has 0 saturated carbocycles. The highest BCUT2D eigenvalue weighted by Crippen LogP contribution is 2.30. The van der Waals surface area contributed by atoms with Crippen LogP contribution in [0.4, 0.5) is 13.2 Å². The Hall–Kier alpha value is -0.760. The summed E-state index contributed by atoms with van der Waals surface area (Å²) in [4.78, 5) is 0. The number of rotatable bonds is 3. The molecule has 11 heavy (non-hydrogen) atoms. The van der Waals surface area contributed by atoms with Crippen molar-refractivity contribution in [3.05, 3.63) is 0 Å². The van der Waals surface area contributed by atoms with Crippen molar-refractivity contribution in [2.75, 3.05) is 6.61 Å². The van der Waals surface area contributed by atoms with Crippen molar-refractivity contribution in [3.8, 4) is 6.07 Å². The van der Waals surface area contributed by atoms with E-state index in [2.05, 4.69) is 0 Å². The summed E-state index contributed by atoms with van der Waals surface area (Å²) in [5, 5.41) is 16.2. The molecule has 0 aliphatic heterocycles. The number of hydrogen-bond donors (Lipinski definition) is 1. The molecule has 0 aliphatic rings. The van der Waals surface area contributed by atoms with Crippen molar-refractivity contribution in [2.24, 2.45) is 5.92 Å². The zero-order chi connectivity index (χ0) is 8.91. The van der Waals surface area contributed by atoms with Crippen molar-refractivity contribution in [1.82, 2.24) is 0 Å². The highest BCUT2D eigenvalue weighted by atomic mass is 19.4. The molecule has 0 spiro atoms. The van der Waals surface area contributed by atoms with Gasteiger partial charge in [0.2, 0.25) is 0 Å². The van der Waals surface area contributed by atoms with E-state index in [9.17, 15) is 13.2 Å². The fourth-order valence-electron chi connectivity index (χ4n) is 0.647. The lowest BCUT2D eigenvalue weighted by Crippen LogP contribution is -2.23.